The van der Waals surface area contributed by atoms with Crippen LogP contribution in [0.4, 0.5) is 11.6 Å². The minimum absolute atomic E-state index is 0.0612. The van der Waals surface area contributed by atoms with E-state index < -0.39 is 10.0 Å². The van der Waals surface area contributed by atoms with Gasteiger partial charge in [0, 0.05) is 37.9 Å². The Hall–Kier alpha value is -4.16. The number of aromatic nitrogens is 3. The van der Waals surface area contributed by atoms with Crippen molar-refractivity contribution in [1.29, 1.82) is 0 Å². The number of carbonyl (C=O) groups is 1. The quantitative estimate of drug-likeness (QED) is 0.333. The Bertz CT molecular complexity index is 1690. The number of likely N-dealkylation sites (N-methyl/N-ethyl adjacent to an activating group) is 1. The lowest BCUT2D eigenvalue weighted by molar-refractivity contribution is 0.0664. The van der Waals surface area contributed by atoms with Crippen molar-refractivity contribution in [2.24, 2.45) is 0 Å². The number of anilines is 2. The molecule has 216 valence electrons. The maximum Gasteiger partial charge on any atom is 0.269 e. The van der Waals surface area contributed by atoms with Gasteiger partial charge in [-0.25, -0.2) is 12.4 Å². The van der Waals surface area contributed by atoms with Crippen LogP contribution in [0.25, 0.3) is 11.0 Å². The average molecular weight is 579 g/mol. The second kappa shape index (κ2) is 11.4. The molecule has 2 aromatic heterocycles. The van der Waals surface area contributed by atoms with Crippen molar-refractivity contribution in [1.82, 2.24) is 23.7 Å². The van der Waals surface area contributed by atoms with Crippen molar-refractivity contribution in [3.63, 3.8) is 0 Å². The van der Waals surface area contributed by atoms with Gasteiger partial charge in [-0.15, -0.1) is 0 Å². The summed E-state index contributed by atoms with van der Waals surface area (Å²) in [5, 5.41) is 3.64. The minimum atomic E-state index is -3.95. The predicted octanol–water partition coefficient (Wildman–Crippen LogP) is 3.82. The lowest BCUT2D eigenvalue weighted by atomic mass is 10.1. The monoisotopic (exact) mass is 578 g/mol. The Labute approximate surface area is 239 Å². The molecule has 0 unspecified atom stereocenters. The molecule has 1 saturated heterocycles. The van der Waals surface area contributed by atoms with Gasteiger partial charge in [0.2, 0.25) is 11.8 Å². The molecule has 1 aliphatic rings. The van der Waals surface area contributed by atoms with Gasteiger partial charge in [0.25, 0.3) is 15.9 Å². The molecule has 1 amide bonds. The molecule has 2 aromatic carbocycles. The predicted molar refractivity (Wildman–Crippen MR) is 157 cm³/mol. The summed E-state index contributed by atoms with van der Waals surface area (Å²) >= 11 is 0. The van der Waals surface area contributed by atoms with Crippen LogP contribution in [0, 0.1) is 13.8 Å². The maximum atomic E-state index is 13.6. The van der Waals surface area contributed by atoms with Gasteiger partial charge in [-0.3, -0.25) is 4.79 Å². The molecule has 1 aliphatic heterocycles. The van der Waals surface area contributed by atoms with Crippen LogP contribution in [0.1, 0.15) is 28.4 Å². The first-order valence-electron chi connectivity index (χ1n) is 13.4. The number of nitrogens with zero attached hydrogens (tertiary/aromatic N) is 5. The molecular formula is C29H34N6O5S. The van der Waals surface area contributed by atoms with E-state index in [2.05, 4.69) is 20.2 Å². The summed E-state index contributed by atoms with van der Waals surface area (Å²) in [6, 6.07) is 11.8. The van der Waals surface area contributed by atoms with E-state index in [0.717, 1.165) is 22.6 Å². The number of ether oxygens (including phenoxy) is 2. The van der Waals surface area contributed by atoms with E-state index in [1.807, 2.05) is 25.8 Å². The number of benzene rings is 2. The molecule has 41 heavy (non-hydrogen) atoms. The van der Waals surface area contributed by atoms with Crippen molar-refractivity contribution in [2.75, 3.05) is 52.3 Å². The summed E-state index contributed by atoms with van der Waals surface area (Å²) in [6.45, 7) is 8.82. The van der Waals surface area contributed by atoms with Crippen molar-refractivity contribution in [3.8, 4) is 11.6 Å². The number of piperazine rings is 1. The summed E-state index contributed by atoms with van der Waals surface area (Å²) in [4.78, 5) is 26.4. The van der Waals surface area contributed by atoms with Gasteiger partial charge in [-0.1, -0.05) is 17.7 Å². The first-order chi connectivity index (χ1) is 19.6. The zero-order valence-corrected chi connectivity index (χ0v) is 24.7. The van der Waals surface area contributed by atoms with Crippen LogP contribution in [0.2, 0.25) is 0 Å². The molecule has 11 nitrogen and oxygen atoms in total. The van der Waals surface area contributed by atoms with Gasteiger partial charge in [0.15, 0.2) is 5.65 Å². The fourth-order valence-corrected chi connectivity index (χ4v) is 6.14. The first kappa shape index (κ1) is 28.4. The fourth-order valence-electron chi connectivity index (χ4n) is 4.78. The van der Waals surface area contributed by atoms with Gasteiger partial charge in [0.1, 0.15) is 5.75 Å². The highest BCUT2D eigenvalue weighted by atomic mass is 32.2. The number of aryl methyl sites for hydroxylation is 2. The third-order valence-corrected chi connectivity index (χ3v) is 8.78. The number of methoxy groups -OCH3 is 1. The molecule has 1 N–H and O–H groups in total. The molecule has 0 aliphatic carbocycles. The third kappa shape index (κ3) is 5.57. The van der Waals surface area contributed by atoms with Crippen LogP contribution >= 0.6 is 0 Å². The molecule has 3 heterocycles. The van der Waals surface area contributed by atoms with Crippen molar-refractivity contribution in [3.05, 3.63) is 65.4 Å². The van der Waals surface area contributed by atoms with Crippen molar-refractivity contribution < 1.29 is 22.7 Å². The first-order valence-corrected chi connectivity index (χ1v) is 14.8. The molecular weight excluding hydrogens is 544 g/mol. The summed E-state index contributed by atoms with van der Waals surface area (Å²) < 4.78 is 39.9. The Balaban J connectivity index is 1.53. The third-order valence-electron chi connectivity index (χ3n) is 7.12. The van der Waals surface area contributed by atoms with Crippen LogP contribution in [0.15, 0.2) is 53.6 Å². The van der Waals surface area contributed by atoms with Crippen LogP contribution in [0.5, 0.6) is 11.6 Å². The van der Waals surface area contributed by atoms with Crippen molar-refractivity contribution >= 4 is 38.6 Å². The van der Waals surface area contributed by atoms with E-state index in [1.165, 1.54) is 13.3 Å². The normalized spacial score (nSPS) is 14.3. The highest BCUT2D eigenvalue weighted by molar-refractivity contribution is 7.90. The Morgan fingerprint density at radius 1 is 1.02 bits per heavy atom. The molecule has 0 spiro atoms. The van der Waals surface area contributed by atoms with Crippen LogP contribution < -0.4 is 14.8 Å². The number of carbonyl (C=O) groups excluding carboxylic acids is 1. The fraction of sp³-hybridized carbons (Fsp3) is 0.345. The minimum Gasteiger partial charge on any atom is -0.495 e. The summed E-state index contributed by atoms with van der Waals surface area (Å²) in [6.07, 6.45) is 1.53. The van der Waals surface area contributed by atoms with Gasteiger partial charge in [0.05, 0.1) is 29.7 Å². The Morgan fingerprint density at radius 2 is 1.73 bits per heavy atom. The van der Waals surface area contributed by atoms with Crippen LogP contribution in [-0.2, 0) is 10.0 Å². The lowest BCUT2D eigenvalue weighted by Gasteiger charge is -2.32. The van der Waals surface area contributed by atoms with E-state index >= 15 is 0 Å². The number of hydrogen-bond acceptors (Lipinski definition) is 9. The largest absolute Gasteiger partial charge is 0.495 e. The van der Waals surface area contributed by atoms with E-state index in [0.29, 0.717) is 47.6 Å². The van der Waals surface area contributed by atoms with E-state index in [4.69, 9.17) is 9.47 Å². The highest BCUT2D eigenvalue weighted by Gasteiger charge is 2.26. The zero-order chi connectivity index (χ0) is 29.3. The highest BCUT2D eigenvalue weighted by Crippen LogP contribution is 2.34. The number of rotatable bonds is 8. The number of amides is 1. The summed E-state index contributed by atoms with van der Waals surface area (Å²) in [7, 11) is -0.395. The molecule has 0 atom stereocenters. The Morgan fingerprint density at radius 3 is 2.39 bits per heavy atom. The van der Waals surface area contributed by atoms with E-state index in [9.17, 15) is 13.2 Å². The van der Waals surface area contributed by atoms with Crippen LogP contribution in [-0.4, -0.2) is 85.0 Å². The molecule has 4 aromatic rings. The molecule has 0 bridgehead atoms. The van der Waals surface area contributed by atoms with E-state index in [1.54, 1.807) is 49.4 Å². The summed E-state index contributed by atoms with van der Waals surface area (Å²) in [5.41, 5.74) is 2.83. The molecule has 0 radical (unpaired) electrons. The van der Waals surface area contributed by atoms with Crippen LogP contribution in [0.3, 0.4) is 0 Å². The maximum absolute atomic E-state index is 13.6. The number of fused-ring (bicyclic) bond motifs is 1. The molecule has 0 saturated carbocycles. The molecule has 5 rings (SSSR count). The molecule has 12 heteroatoms. The van der Waals surface area contributed by atoms with Gasteiger partial charge in [-0.2, -0.15) is 9.97 Å². The van der Waals surface area contributed by atoms with Crippen molar-refractivity contribution in [2.45, 2.75) is 25.7 Å². The number of hydrogen-bond donors (Lipinski definition) is 1. The SMILES string of the molecule is CCOc1nc(Nc2ccc(C(=O)N3CCN(C)CC3)cc2OC)nc2c1c(C)cn2S(=O)(=O)c1ccc(C)cc1. The van der Waals surface area contributed by atoms with Gasteiger partial charge < -0.3 is 24.6 Å². The smallest absolute Gasteiger partial charge is 0.269 e. The average Bonchev–Trinajstić information content (AvgIpc) is 3.30. The Kier molecular flexibility index (Phi) is 7.87. The standard InChI is InChI=1S/C29H34N6O5S/c1-6-40-27-25-20(3)18-35(41(37,38)22-10-7-19(2)8-11-22)26(25)31-29(32-27)30-23-12-9-21(17-24(23)39-5)28(36)34-15-13-33(4)14-16-34/h7-12,17-18H,6,13-16H2,1-5H3,(H,30,31,32). The van der Waals surface area contributed by atoms with E-state index in [-0.39, 0.29) is 28.3 Å². The molecule has 1 fully saturated rings. The number of nitrogens with one attached hydrogen (secondary N) is 1. The lowest BCUT2D eigenvalue weighted by Crippen LogP contribution is -2.47. The van der Waals surface area contributed by atoms with Gasteiger partial charge in [-0.05, 0) is 63.7 Å². The van der Waals surface area contributed by atoms with Gasteiger partial charge >= 0.3 is 0 Å². The second-order valence-electron chi connectivity index (χ2n) is 10.0. The zero-order valence-electron chi connectivity index (χ0n) is 23.8. The second-order valence-corrected chi connectivity index (χ2v) is 11.9. The topological polar surface area (TPSA) is 119 Å². The summed E-state index contributed by atoms with van der Waals surface area (Å²) in [5.74, 6) is 0.742.